The first-order chi connectivity index (χ1) is 14.1. The molecule has 4 aromatic rings. The Balaban J connectivity index is 1.68. The van der Waals surface area contributed by atoms with Crippen LogP contribution in [0.25, 0.3) is 22.2 Å². The second kappa shape index (κ2) is 8.41. The first-order valence-electron chi connectivity index (χ1n) is 9.82. The lowest BCUT2D eigenvalue weighted by Gasteiger charge is -2.17. The van der Waals surface area contributed by atoms with Gasteiger partial charge in [0.1, 0.15) is 5.75 Å². The molecule has 2 aromatic carbocycles. The topological polar surface area (TPSA) is 47.0 Å². The van der Waals surface area contributed by atoms with Crippen LogP contribution in [0.2, 0.25) is 0 Å². The Kier molecular flexibility index (Phi) is 5.54. The maximum atomic E-state index is 5.37. The summed E-state index contributed by atoms with van der Waals surface area (Å²) in [5, 5.41) is 4.75. The smallest absolute Gasteiger partial charge is 0.121 e. The van der Waals surface area contributed by atoms with Crippen LogP contribution >= 0.6 is 0 Å². The molecule has 1 N–H and O–H groups in total. The Morgan fingerprint density at radius 2 is 1.72 bits per heavy atom. The van der Waals surface area contributed by atoms with Gasteiger partial charge in [0, 0.05) is 42.0 Å². The van der Waals surface area contributed by atoms with Crippen molar-refractivity contribution in [1.29, 1.82) is 0 Å². The molecule has 0 radical (unpaired) electrons. The second-order valence-electron chi connectivity index (χ2n) is 7.30. The third-order valence-corrected chi connectivity index (χ3v) is 5.23. The van der Waals surface area contributed by atoms with Crippen LogP contribution in [0.1, 0.15) is 29.7 Å². The number of hydrogen-bond donors (Lipinski definition) is 1. The van der Waals surface area contributed by atoms with E-state index in [-0.39, 0.29) is 6.04 Å². The summed E-state index contributed by atoms with van der Waals surface area (Å²) in [6.07, 6.45) is 3.61. The minimum atomic E-state index is 0.243. The van der Waals surface area contributed by atoms with Gasteiger partial charge in [0.2, 0.25) is 0 Å². The Labute approximate surface area is 171 Å². The van der Waals surface area contributed by atoms with E-state index < -0.39 is 0 Å². The van der Waals surface area contributed by atoms with Gasteiger partial charge in [-0.3, -0.25) is 4.98 Å². The van der Waals surface area contributed by atoms with Crippen LogP contribution in [-0.2, 0) is 6.54 Å². The number of aromatic nitrogens is 2. The minimum absolute atomic E-state index is 0.243. The highest BCUT2D eigenvalue weighted by Gasteiger charge is 2.12. The van der Waals surface area contributed by atoms with Crippen molar-refractivity contribution < 1.29 is 4.74 Å². The van der Waals surface area contributed by atoms with Crippen LogP contribution in [0.5, 0.6) is 5.75 Å². The molecule has 2 aromatic heterocycles. The van der Waals surface area contributed by atoms with E-state index in [1.165, 1.54) is 11.1 Å². The highest BCUT2D eigenvalue weighted by Crippen LogP contribution is 2.28. The van der Waals surface area contributed by atoms with Crippen molar-refractivity contribution in [2.45, 2.75) is 26.4 Å². The molecule has 29 heavy (non-hydrogen) atoms. The Hall–Kier alpha value is -3.24. The van der Waals surface area contributed by atoms with Crippen molar-refractivity contribution in [3.05, 3.63) is 89.7 Å². The zero-order chi connectivity index (χ0) is 20.2. The number of benzene rings is 2. The molecule has 0 aliphatic carbocycles. The number of fused-ring (bicyclic) bond motifs is 1. The van der Waals surface area contributed by atoms with E-state index >= 15 is 0 Å². The van der Waals surface area contributed by atoms with Gasteiger partial charge in [-0.15, -0.1) is 0 Å². The van der Waals surface area contributed by atoms with Gasteiger partial charge in [-0.25, -0.2) is 4.98 Å². The van der Waals surface area contributed by atoms with Crippen molar-refractivity contribution in [3.63, 3.8) is 0 Å². The molecule has 0 aliphatic heterocycles. The van der Waals surface area contributed by atoms with Gasteiger partial charge in [-0.1, -0.05) is 29.8 Å². The Morgan fingerprint density at radius 1 is 0.966 bits per heavy atom. The van der Waals surface area contributed by atoms with Crippen molar-refractivity contribution in [2.75, 3.05) is 7.11 Å². The fourth-order valence-corrected chi connectivity index (χ4v) is 3.45. The molecule has 4 nitrogen and oxygen atoms in total. The van der Waals surface area contributed by atoms with Crippen LogP contribution in [0.4, 0.5) is 0 Å². The molecule has 1 atom stereocenters. The van der Waals surface area contributed by atoms with E-state index in [4.69, 9.17) is 9.72 Å². The van der Waals surface area contributed by atoms with Gasteiger partial charge in [0.15, 0.2) is 0 Å². The van der Waals surface area contributed by atoms with Crippen LogP contribution in [0, 0.1) is 6.92 Å². The van der Waals surface area contributed by atoms with E-state index in [9.17, 15) is 0 Å². The van der Waals surface area contributed by atoms with Crippen LogP contribution in [-0.4, -0.2) is 17.1 Å². The molecule has 0 saturated heterocycles. The van der Waals surface area contributed by atoms with Gasteiger partial charge < -0.3 is 10.1 Å². The lowest BCUT2D eigenvalue weighted by molar-refractivity contribution is 0.415. The van der Waals surface area contributed by atoms with Gasteiger partial charge in [-0.2, -0.15) is 0 Å². The lowest BCUT2D eigenvalue weighted by Crippen LogP contribution is -2.18. The number of rotatable bonds is 6. The zero-order valence-electron chi connectivity index (χ0n) is 17.0. The summed E-state index contributed by atoms with van der Waals surface area (Å²) < 4.78 is 5.37. The van der Waals surface area contributed by atoms with Crippen LogP contribution in [0.3, 0.4) is 0 Å². The zero-order valence-corrected chi connectivity index (χ0v) is 17.0. The van der Waals surface area contributed by atoms with Crippen molar-refractivity contribution in [2.24, 2.45) is 0 Å². The van der Waals surface area contributed by atoms with Crippen molar-refractivity contribution in [1.82, 2.24) is 15.3 Å². The lowest BCUT2D eigenvalue weighted by atomic mass is 10.0. The summed E-state index contributed by atoms with van der Waals surface area (Å²) >= 11 is 0. The average Bonchev–Trinajstić information content (AvgIpc) is 2.77. The maximum absolute atomic E-state index is 5.37. The molecule has 4 heteroatoms. The molecular weight excluding hydrogens is 358 g/mol. The number of hydrogen-bond acceptors (Lipinski definition) is 4. The van der Waals surface area contributed by atoms with E-state index in [0.717, 1.165) is 40.0 Å². The van der Waals surface area contributed by atoms with Gasteiger partial charge in [-0.05, 0) is 55.3 Å². The predicted octanol–water partition coefficient (Wildman–Crippen LogP) is 5.46. The van der Waals surface area contributed by atoms with Crippen molar-refractivity contribution >= 4 is 10.9 Å². The molecule has 0 amide bonds. The highest BCUT2D eigenvalue weighted by atomic mass is 16.5. The average molecular weight is 383 g/mol. The first kappa shape index (κ1) is 19.1. The van der Waals surface area contributed by atoms with E-state index in [2.05, 4.69) is 60.5 Å². The predicted molar refractivity (Wildman–Crippen MR) is 118 cm³/mol. The van der Waals surface area contributed by atoms with E-state index in [1.807, 2.05) is 24.3 Å². The number of nitrogens with one attached hydrogen (secondary N) is 1. The molecule has 0 saturated carbocycles. The van der Waals surface area contributed by atoms with Crippen LogP contribution in [0.15, 0.2) is 73.1 Å². The van der Waals surface area contributed by atoms with Crippen molar-refractivity contribution in [3.8, 4) is 17.0 Å². The fraction of sp³-hybridized carbons (Fsp3) is 0.200. The summed E-state index contributed by atoms with van der Waals surface area (Å²) in [6, 6.07) is 21.1. The molecule has 0 fully saturated rings. The van der Waals surface area contributed by atoms with Gasteiger partial charge >= 0.3 is 0 Å². The summed E-state index contributed by atoms with van der Waals surface area (Å²) in [6.45, 7) is 5.02. The van der Waals surface area contributed by atoms with E-state index in [1.54, 1.807) is 19.5 Å². The largest absolute Gasteiger partial charge is 0.497 e. The number of nitrogens with zero attached hydrogens (tertiary/aromatic N) is 2. The number of ether oxygens (including phenoxy) is 1. The molecule has 0 spiro atoms. The third kappa shape index (κ3) is 4.28. The Morgan fingerprint density at radius 3 is 2.45 bits per heavy atom. The van der Waals surface area contributed by atoms with Gasteiger partial charge in [0.25, 0.3) is 0 Å². The quantitative estimate of drug-likeness (QED) is 0.480. The van der Waals surface area contributed by atoms with Gasteiger partial charge in [0.05, 0.1) is 18.3 Å². The fourth-order valence-electron chi connectivity index (χ4n) is 3.45. The number of aryl methyl sites for hydroxylation is 1. The summed E-state index contributed by atoms with van der Waals surface area (Å²) in [5.41, 5.74) is 6.66. The number of methoxy groups -OCH3 is 1. The SMILES string of the molecule is COc1ccc2cc(CNC(C)c3ccc(C)cc3)c(-c3ccncc3)nc2c1. The molecule has 146 valence electrons. The van der Waals surface area contributed by atoms with Crippen LogP contribution < -0.4 is 10.1 Å². The monoisotopic (exact) mass is 383 g/mol. The first-order valence-corrected chi connectivity index (χ1v) is 9.82. The summed E-state index contributed by atoms with van der Waals surface area (Å²) in [5.74, 6) is 0.810. The second-order valence-corrected chi connectivity index (χ2v) is 7.30. The number of pyridine rings is 2. The molecule has 0 aliphatic rings. The summed E-state index contributed by atoms with van der Waals surface area (Å²) in [7, 11) is 1.68. The molecule has 1 unspecified atom stereocenters. The highest BCUT2D eigenvalue weighted by molar-refractivity contribution is 5.84. The molecule has 2 heterocycles. The summed E-state index contributed by atoms with van der Waals surface area (Å²) in [4.78, 5) is 9.12. The maximum Gasteiger partial charge on any atom is 0.121 e. The minimum Gasteiger partial charge on any atom is -0.497 e. The molecule has 4 rings (SSSR count). The normalized spacial score (nSPS) is 12.1. The molecular formula is C25H25N3O. The third-order valence-electron chi connectivity index (χ3n) is 5.23. The standard InChI is InChI=1S/C25H25N3O/c1-17-4-6-19(7-5-17)18(2)27-16-22-14-21-8-9-23(29-3)15-24(21)28-25(22)20-10-12-26-13-11-20/h4-15,18,27H,16H2,1-3H3. The Bertz CT molecular complexity index is 1110. The van der Waals surface area contributed by atoms with E-state index in [0.29, 0.717) is 0 Å². The molecule has 0 bridgehead atoms.